The average Bonchev–Trinajstić information content (AvgIpc) is 3.29. The molecule has 0 spiro atoms. The topological polar surface area (TPSA) is 71.0 Å². The number of likely N-dealkylation sites (N-methyl/N-ethyl adjacent to an activating group) is 2. The second kappa shape index (κ2) is 7.41. The van der Waals surface area contributed by atoms with Crippen LogP contribution in [0.3, 0.4) is 0 Å². The van der Waals surface area contributed by atoms with Crippen molar-refractivity contribution in [3.8, 4) is 5.88 Å². The standard InChI is InChI=1S/C18H26ClN5O3/c1-11(13-5-4-7-22(13)2)27-17-15-16(20-18(19)21-17)24(9-14(25)23(15)3)12-6-8-26-10-12/h11-13H,4-10H2,1-3H3/t11-,12+,13-/m0/s1. The number of hydrogen-bond acceptors (Lipinski definition) is 7. The van der Waals surface area contributed by atoms with Gasteiger partial charge in [-0.25, -0.2) is 0 Å². The zero-order valence-electron chi connectivity index (χ0n) is 16.0. The lowest BCUT2D eigenvalue weighted by molar-refractivity contribution is -0.117. The smallest absolute Gasteiger partial charge is 0.246 e. The molecule has 2 fully saturated rings. The molecule has 8 nitrogen and oxygen atoms in total. The van der Waals surface area contributed by atoms with Crippen LogP contribution in [0.1, 0.15) is 26.2 Å². The lowest BCUT2D eigenvalue weighted by atomic mass is 10.1. The molecule has 27 heavy (non-hydrogen) atoms. The highest BCUT2D eigenvalue weighted by Gasteiger charge is 2.38. The normalized spacial score (nSPS) is 27.2. The molecule has 0 aromatic carbocycles. The minimum Gasteiger partial charge on any atom is -0.471 e. The van der Waals surface area contributed by atoms with Crippen molar-refractivity contribution in [2.45, 2.75) is 44.4 Å². The number of carbonyl (C=O) groups excluding carboxylic acids is 1. The van der Waals surface area contributed by atoms with Gasteiger partial charge in [-0.05, 0) is 51.4 Å². The Hall–Kier alpha value is -1.64. The first-order chi connectivity index (χ1) is 13.0. The van der Waals surface area contributed by atoms with E-state index in [0.29, 0.717) is 36.6 Å². The molecule has 0 aliphatic carbocycles. The molecule has 3 aliphatic heterocycles. The Balaban J connectivity index is 1.69. The Bertz CT molecular complexity index is 727. The lowest BCUT2D eigenvalue weighted by Gasteiger charge is -2.38. The zero-order chi connectivity index (χ0) is 19.1. The predicted molar refractivity (Wildman–Crippen MR) is 103 cm³/mol. The van der Waals surface area contributed by atoms with E-state index < -0.39 is 0 Å². The third-order valence-corrected chi connectivity index (χ3v) is 6.03. The summed E-state index contributed by atoms with van der Waals surface area (Å²) >= 11 is 6.24. The fraction of sp³-hybridized carbons (Fsp3) is 0.722. The number of carbonyl (C=O) groups is 1. The van der Waals surface area contributed by atoms with Crippen molar-refractivity contribution >= 4 is 29.0 Å². The summed E-state index contributed by atoms with van der Waals surface area (Å²) in [5, 5.41) is 0.127. The van der Waals surface area contributed by atoms with E-state index in [9.17, 15) is 4.79 Å². The second-order valence-corrected chi connectivity index (χ2v) is 7.92. The molecule has 1 aromatic heterocycles. The number of ether oxygens (including phenoxy) is 2. The zero-order valence-corrected chi connectivity index (χ0v) is 16.8. The van der Waals surface area contributed by atoms with Gasteiger partial charge in [-0.1, -0.05) is 0 Å². The van der Waals surface area contributed by atoms with Crippen molar-refractivity contribution in [2.24, 2.45) is 0 Å². The maximum absolute atomic E-state index is 12.6. The fourth-order valence-corrected chi connectivity index (χ4v) is 4.44. The van der Waals surface area contributed by atoms with E-state index in [1.807, 2.05) is 11.8 Å². The first-order valence-electron chi connectivity index (χ1n) is 9.51. The van der Waals surface area contributed by atoms with Crippen LogP contribution >= 0.6 is 11.6 Å². The van der Waals surface area contributed by atoms with Gasteiger partial charge in [0.1, 0.15) is 11.8 Å². The average molecular weight is 396 g/mol. The van der Waals surface area contributed by atoms with Gasteiger partial charge in [0.2, 0.25) is 17.1 Å². The van der Waals surface area contributed by atoms with Crippen LogP contribution in [0.25, 0.3) is 0 Å². The maximum atomic E-state index is 12.6. The molecular formula is C18H26ClN5O3. The van der Waals surface area contributed by atoms with Gasteiger partial charge < -0.3 is 19.3 Å². The molecule has 0 bridgehead atoms. The third-order valence-electron chi connectivity index (χ3n) is 5.86. The van der Waals surface area contributed by atoms with E-state index in [4.69, 9.17) is 21.1 Å². The maximum Gasteiger partial charge on any atom is 0.246 e. The number of anilines is 2. The van der Waals surface area contributed by atoms with Crippen LogP contribution in [0.2, 0.25) is 5.28 Å². The predicted octanol–water partition coefficient (Wildman–Crippen LogP) is 1.56. The number of nitrogens with zero attached hydrogens (tertiary/aromatic N) is 5. The van der Waals surface area contributed by atoms with Gasteiger partial charge in [0.25, 0.3) is 0 Å². The minimum absolute atomic E-state index is 0.0178. The first-order valence-corrected chi connectivity index (χ1v) is 9.89. The summed E-state index contributed by atoms with van der Waals surface area (Å²) in [6.07, 6.45) is 3.03. The SMILES string of the molecule is C[C@H](Oc1nc(Cl)nc2c1N(C)C(=O)CN2[C@@H]1CCOC1)[C@@H]1CCCN1C. The molecule has 2 saturated heterocycles. The Morgan fingerprint density at radius 3 is 2.78 bits per heavy atom. The number of hydrogen-bond donors (Lipinski definition) is 0. The highest BCUT2D eigenvalue weighted by Crippen LogP contribution is 2.41. The number of halogens is 1. The summed E-state index contributed by atoms with van der Waals surface area (Å²) in [6, 6.07) is 0.428. The molecule has 148 valence electrons. The van der Waals surface area contributed by atoms with E-state index >= 15 is 0 Å². The summed E-state index contributed by atoms with van der Waals surface area (Å²) in [4.78, 5) is 27.3. The lowest BCUT2D eigenvalue weighted by Crippen LogP contribution is -2.49. The Kier molecular flexibility index (Phi) is 5.13. The van der Waals surface area contributed by atoms with Crippen LogP contribution in [0.5, 0.6) is 5.88 Å². The van der Waals surface area contributed by atoms with Gasteiger partial charge in [0, 0.05) is 19.7 Å². The van der Waals surface area contributed by atoms with Crippen LogP contribution in [0.4, 0.5) is 11.5 Å². The van der Waals surface area contributed by atoms with E-state index in [-0.39, 0.29) is 29.9 Å². The Morgan fingerprint density at radius 2 is 2.11 bits per heavy atom. The number of rotatable bonds is 4. The van der Waals surface area contributed by atoms with Gasteiger partial charge in [-0.3, -0.25) is 9.69 Å². The molecule has 1 amide bonds. The summed E-state index contributed by atoms with van der Waals surface area (Å²) in [5.41, 5.74) is 0.593. The van der Waals surface area contributed by atoms with Gasteiger partial charge in [0.05, 0.1) is 19.2 Å². The molecule has 3 aliphatic rings. The number of fused-ring (bicyclic) bond motifs is 1. The number of aromatic nitrogens is 2. The molecule has 0 unspecified atom stereocenters. The molecule has 4 heterocycles. The highest BCUT2D eigenvalue weighted by molar-refractivity contribution is 6.28. The van der Waals surface area contributed by atoms with E-state index in [1.54, 1.807) is 11.9 Å². The molecule has 1 aromatic rings. The quantitative estimate of drug-likeness (QED) is 0.716. The number of amides is 1. The molecule has 0 radical (unpaired) electrons. The van der Waals surface area contributed by atoms with Crippen LogP contribution in [0, 0.1) is 0 Å². The van der Waals surface area contributed by atoms with E-state index in [0.717, 1.165) is 25.8 Å². The van der Waals surface area contributed by atoms with Gasteiger partial charge in [0.15, 0.2) is 5.82 Å². The first kappa shape index (κ1) is 18.7. The molecule has 4 rings (SSSR count). The van der Waals surface area contributed by atoms with Crippen molar-refractivity contribution in [3.63, 3.8) is 0 Å². The highest BCUT2D eigenvalue weighted by atomic mass is 35.5. The van der Waals surface area contributed by atoms with Gasteiger partial charge in [-0.15, -0.1) is 0 Å². The summed E-state index contributed by atoms with van der Waals surface area (Å²) in [5.74, 6) is 1.00. The van der Waals surface area contributed by atoms with Crippen LogP contribution in [-0.2, 0) is 9.53 Å². The van der Waals surface area contributed by atoms with Crippen LogP contribution in [0.15, 0.2) is 0 Å². The minimum atomic E-state index is -0.0683. The summed E-state index contributed by atoms with van der Waals surface area (Å²) < 4.78 is 11.8. The Labute approximate surface area is 164 Å². The van der Waals surface area contributed by atoms with Crippen LogP contribution in [-0.4, -0.2) is 79.4 Å². The van der Waals surface area contributed by atoms with E-state index in [1.165, 1.54) is 0 Å². The second-order valence-electron chi connectivity index (χ2n) is 7.58. The molecule has 0 N–H and O–H groups in total. The van der Waals surface area contributed by atoms with E-state index in [2.05, 4.69) is 21.9 Å². The summed E-state index contributed by atoms with van der Waals surface area (Å²) in [7, 11) is 3.84. The van der Waals surface area contributed by atoms with Crippen LogP contribution < -0.4 is 14.5 Å². The molecule has 9 heteroatoms. The van der Waals surface area contributed by atoms with Gasteiger partial charge in [-0.2, -0.15) is 9.97 Å². The van der Waals surface area contributed by atoms with Gasteiger partial charge >= 0.3 is 0 Å². The molecular weight excluding hydrogens is 370 g/mol. The van der Waals surface area contributed by atoms with Crippen molar-refractivity contribution in [1.82, 2.24) is 14.9 Å². The van der Waals surface area contributed by atoms with Crippen molar-refractivity contribution < 1.29 is 14.3 Å². The summed E-state index contributed by atoms with van der Waals surface area (Å²) in [6.45, 7) is 4.63. The monoisotopic (exact) mass is 395 g/mol. The number of likely N-dealkylation sites (tertiary alicyclic amines) is 1. The van der Waals surface area contributed by atoms with Crippen molar-refractivity contribution in [2.75, 3.05) is 50.2 Å². The van der Waals surface area contributed by atoms with Crippen molar-refractivity contribution in [3.05, 3.63) is 5.28 Å². The molecule has 3 atom stereocenters. The molecule has 0 saturated carbocycles. The Morgan fingerprint density at radius 1 is 1.30 bits per heavy atom. The largest absolute Gasteiger partial charge is 0.471 e. The van der Waals surface area contributed by atoms with Crippen molar-refractivity contribution in [1.29, 1.82) is 0 Å². The third kappa shape index (κ3) is 3.46. The fourth-order valence-electron chi connectivity index (χ4n) is 4.28.